The van der Waals surface area contributed by atoms with Crippen LogP contribution in [0.2, 0.25) is 0 Å². The highest BCUT2D eigenvalue weighted by Gasteiger charge is 2.42. The average molecular weight is 296 g/mol. The van der Waals surface area contributed by atoms with Gasteiger partial charge in [-0.1, -0.05) is 13.8 Å². The fourth-order valence-electron chi connectivity index (χ4n) is 4.04. The van der Waals surface area contributed by atoms with E-state index in [-0.39, 0.29) is 11.8 Å². The second kappa shape index (κ2) is 6.77. The SMILES string of the molecule is CCN1CCCC1CN(C)C(=O)[C@H]1CC(C)C[C@H]1C(=O)O. The minimum atomic E-state index is -0.817. The summed E-state index contributed by atoms with van der Waals surface area (Å²) in [7, 11) is 1.83. The molecule has 4 atom stereocenters. The first-order valence-electron chi connectivity index (χ1n) is 8.15. The van der Waals surface area contributed by atoms with Gasteiger partial charge in [0.05, 0.1) is 11.8 Å². The minimum absolute atomic E-state index is 0.0229. The summed E-state index contributed by atoms with van der Waals surface area (Å²) in [6.07, 6.45) is 3.67. The Bertz CT molecular complexity index is 399. The van der Waals surface area contributed by atoms with Gasteiger partial charge in [0.25, 0.3) is 0 Å². The molecule has 0 radical (unpaired) electrons. The quantitative estimate of drug-likeness (QED) is 0.838. The number of nitrogens with zero attached hydrogens (tertiary/aromatic N) is 2. The number of hydrogen-bond acceptors (Lipinski definition) is 3. The van der Waals surface area contributed by atoms with Crippen LogP contribution < -0.4 is 0 Å². The van der Waals surface area contributed by atoms with Crippen LogP contribution in [0, 0.1) is 17.8 Å². The van der Waals surface area contributed by atoms with E-state index >= 15 is 0 Å². The maximum atomic E-state index is 12.6. The molecule has 2 unspecified atom stereocenters. The van der Waals surface area contributed by atoms with Gasteiger partial charge in [0, 0.05) is 19.6 Å². The van der Waals surface area contributed by atoms with Crippen LogP contribution in [-0.4, -0.2) is 59.5 Å². The molecule has 0 aromatic heterocycles. The maximum Gasteiger partial charge on any atom is 0.307 e. The third-order valence-electron chi connectivity index (χ3n) is 5.20. The van der Waals surface area contributed by atoms with Gasteiger partial charge in [-0.2, -0.15) is 0 Å². The van der Waals surface area contributed by atoms with E-state index in [9.17, 15) is 14.7 Å². The summed E-state index contributed by atoms with van der Waals surface area (Å²) in [4.78, 5) is 28.2. The predicted octanol–water partition coefficient (Wildman–Crippen LogP) is 1.68. The van der Waals surface area contributed by atoms with Crippen molar-refractivity contribution in [1.29, 1.82) is 0 Å². The molecule has 120 valence electrons. The molecular formula is C16H28N2O3. The van der Waals surface area contributed by atoms with Gasteiger partial charge in [-0.05, 0) is 44.7 Å². The standard InChI is InChI=1S/C16H28N2O3/c1-4-18-7-5-6-12(18)10-17(3)15(19)13-8-11(2)9-14(13)16(20)21/h11-14H,4-10H2,1-3H3,(H,20,21)/t11?,12?,13-,14+/m0/s1. The van der Waals surface area contributed by atoms with Crippen LogP contribution in [-0.2, 0) is 9.59 Å². The molecule has 1 heterocycles. The van der Waals surface area contributed by atoms with E-state index in [0.717, 1.165) is 26.1 Å². The molecule has 5 heteroatoms. The Hall–Kier alpha value is -1.10. The smallest absolute Gasteiger partial charge is 0.307 e. The zero-order valence-electron chi connectivity index (χ0n) is 13.4. The molecule has 2 rings (SSSR count). The van der Waals surface area contributed by atoms with Crippen molar-refractivity contribution in [2.75, 3.05) is 26.7 Å². The van der Waals surface area contributed by atoms with Gasteiger partial charge in [-0.25, -0.2) is 0 Å². The molecule has 1 aliphatic heterocycles. The Morgan fingerprint density at radius 2 is 1.95 bits per heavy atom. The van der Waals surface area contributed by atoms with Gasteiger partial charge in [0.2, 0.25) is 5.91 Å². The molecule has 1 amide bonds. The Morgan fingerprint density at radius 1 is 1.29 bits per heavy atom. The number of carbonyl (C=O) groups is 2. The predicted molar refractivity (Wildman–Crippen MR) is 80.9 cm³/mol. The van der Waals surface area contributed by atoms with Crippen molar-refractivity contribution in [2.24, 2.45) is 17.8 Å². The first kappa shape index (κ1) is 16.3. The normalized spacial score (nSPS) is 33.3. The van der Waals surface area contributed by atoms with Gasteiger partial charge < -0.3 is 10.0 Å². The molecule has 0 spiro atoms. The highest BCUT2D eigenvalue weighted by molar-refractivity contribution is 5.85. The number of rotatable bonds is 5. The zero-order valence-corrected chi connectivity index (χ0v) is 13.4. The largest absolute Gasteiger partial charge is 0.481 e. The summed E-state index contributed by atoms with van der Waals surface area (Å²) in [5, 5.41) is 9.32. The summed E-state index contributed by atoms with van der Waals surface area (Å²) >= 11 is 0. The van der Waals surface area contributed by atoms with E-state index in [1.165, 1.54) is 6.42 Å². The molecular weight excluding hydrogens is 268 g/mol. The molecule has 2 fully saturated rings. The van der Waals surface area contributed by atoms with Crippen molar-refractivity contribution >= 4 is 11.9 Å². The fraction of sp³-hybridized carbons (Fsp3) is 0.875. The Labute approximate surface area is 127 Å². The number of carbonyl (C=O) groups excluding carboxylic acids is 1. The summed E-state index contributed by atoms with van der Waals surface area (Å²) in [6.45, 7) is 7.05. The Balaban J connectivity index is 1.97. The molecule has 1 saturated carbocycles. The molecule has 0 aromatic rings. The van der Waals surface area contributed by atoms with Gasteiger partial charge in [0.1, 0.15) is 0 Å². The van der Waals surface area contributed by atoms with Crippen molar-refractivity contribution in [1.82, 2.24) is 9.80 Å². The Kier molecular flexibility index (Phi) is 5.25. The second-order valence-electron chi connectivity index (χ2n) is 6.77. The number of amides is 1. The first-order valence-corrected chi connectivity index (χ1v) is 8.15. The lowest BCUT2D eigenvalue weighted by Gasteiger charge is -2.30. The number of hydrogen-bond donors (Lipinski definition) is 1. The van der Waals surface area contributed by atoms with Gasteiger partial charge in [-0.3, -0.25) is 14.5 Å². The highest BCUT2D eigenvalue weighted by atomic mass is 16.4. The summed E-state index contributed by atoms with van der Waals surface area (Å²) in [5.74, 6) is -1.30. The van der Waals surface area contributed by atoms with Crippen molar-refractivity contribution < 1.29 is 14.7 Å². The van der Waals surface area contributed by atoms with Crippen LogP contribution in [0.3, 0.4) is 0 Å². The lowest BCUT2D eigenvalue weighted by molar-refractivity contribution is -0.148. The number of likely N-dealkylation sites (N-methyl/N-ethyl adjacent to an activating group) is 2. The summed E-state index contributed by atoms with van der Waals surface area (Å²) < 4.78 is 0. The monoisotopic (exact) mass is 296 g/mol. The molecule has 1 N–H and O–H groups in total. The molecule has 21 heavy (non-hydrogen) atoms. The van der Waals surface area contributed by atoms with Gasteiger partial charge >= 0.3 is 5.97 Å². The lowest BCUT2D eigenvalue weighted by Crippen LogP contribution is -2.44. The lowest BCUT2D eigenvalue weighted by atomic mass is 9.94. The van der Waals surface area contributed by atoms with E-state index in [4.69, 9.17) is 0 Å². The van der Waals surface area contributed by atoms with Crippen LogP contribution in [0.4, 0.5) is 0 Å². The number of likely N-dealkylation sites (tertiary alicyclic amines) is 1. The van der Waals surface area contributed by atoms with Crippen molar-refractivity contribution in [3.8, 4) is 0 Å². The fourth-order valence-corrected chi connectivity index (χ4v) is 4.04. The number of carboxylic acids is 1. The van der Waals surface area contributed by atoms with Crippen LogP contribution in [0.25, 0.3) is 0 Å². The third-order valence-corrected chi connectivity index (χ3v) is 5.20. The summed E-state index contributed by atoms with van der Waals surface area (Å²) in [5.41, 5.74) is 0. The second-order valence-corrected chi connectivity index (χ2v) is 6.77. The van der Waals surface area contributed by atoms with Crippen molar-refractivity contribution in [3.63, 3.8) is 0 Å². The number of aliphatic carboxylic acids is 1. The van der Waals surface area contributed by atoms with Crippen LogP contribution >= 0.6 is 0 Å². The van der Waals surface area contributed by atoms with E-state index in [1.807, 2.05) is 14.0 Å². The number of carboxylic acid groups (broad SMARTS) is 1. The van der Waals surface area contributed by atoms with E-state index in [0.29, 0.717) is 24.8 Å². The van der Waals surface area contributed by atoms with Crippen molar-refractivity contribution in [3.05, 3.63) is 0 Å². The molecule has 1 saturated heterocycles. The van der Waals surface area contributed by atoms with Crippen molar-refractivity contribution in [2.45, 2.75) is 45.6 Å². The van der Waals surface area contributed by atoms with Crippen LogP contribution in [0.15, 0.2) is 0 Å². The van der Waals surface area contributed by atoms with Crippen LogP contribution in [0.5, 0.6) is 0 Å². The molecule has 1 aliphatic carbocycles. The molecule has 5 nitrogen and oxygen atoms in total. The topological polar surface area (TPSA) is 60.9 Å². The van der Waals surface area contributed by atoms with Gasteiger partial charge in [-0.15, -0.1) is 0 Å². The molecule has 0 aromatic carbocycles. The van der Waals surface area contributed by atoms with E-state index in [2.05, 4.69) is 11.8 Å². The third kappa shape index (κ3) is 3.57. The van der Waals surface area contributed by atoms with Gasteiger partial charge in [0.15, 0.2) is 0 Å². The first-order chi connectivity index (χ1) is 9.93. The molecule has 0 bridgehead atoms. The zero-order chi connectivity index (χ0) is 15.6. The summed E-state index contributed by atoms with van der Waals surface area (Å²) in [6, 6.07) is 0.436. The molecule has 2 aliphatic rings. The minimum Gasteiger partial charge on any atom is -0.481 e. The van der Waals surface area contributed by atoms with Crippen LogP contribution in [0.1, 0.15) is 39.5 Å². The van der Waals surface area contributed by atoms with E-state index in [1.54, 1.807) is 4.90 Å². The Morgan fingerprint density at radius 3 is 2.57 bits per heavy atom. The highest BCUT2D eigenvalue weighted by Crippen LogP contribution is 2.37. The maximum absolute atomic E-state index is 12.6. The van der Waals surface area contributed by atoms with E-state index < -0.39 is 11.9 Å². The average Bonchev–Trinajstić information content (AvgIpc) is 3.03.